The molecule has 0 fully saturated rings. The molecule has 1 rings (SSSR count). The zero-order valence-corrected chi connectivity index (χ0v) is 9.98. The number of aryl methyl sites for hydroxylation is 1. The topological polar surface area (TPSA) is 47.1 Å². The first kappa shape index (κ1) is 12.2. The van der Waals surface area contributed by atoms with E-state index in [1.54, 1.807) is 0 Å². The van der Waals surface area contributed by atoms with Gasteiger partial charge in [0.05, 0.1) is 18.1 Å². The van der Waals surface area contributed by atoms with E-state index in [4.69, 9.17) is 5.73 Å². The van der Waals surface area contributed by atoms with E-state index in [1.807, 2.05) is 19.6 Å². The van der Waals surface area contributed by atoms with Crippen LogP contribution in [0.3, 0.4) is 0 Å². The number of aromatic nitrogens is 2. The number of nitrogens with zero attached hydrogens (tertiary/aromatic N) is 3. The van der Waals surface area contributed by atoms with Gasteiger partial charge in [0.25, 0.3) is 0 Å². The highest BCUT2D eigenvalue weighted by atomic mass is 15.2. The van der Waals surface area contributed by atoms with Crippen molar-refractivity contribution in [1.82, 2.24) is 14.5 Å². The van der Waals surface area contributed by atoms with Crippen molar-refractivity contribution >= 4 is 0 Å². The first-order valence-corrected chi connectivity index (χ1v) is 5.64. The van der Waals surface area contributed by atoms with E-state index in [-0.39, 0.29) is 0 Å². The number of rotatable bonds is 6. The zero-order chi connectivity index (χ0) is 11.3. The molecule has 2 N–H and O–H groups in total. The van der Waals surface area contributed by atoms with E-state index in [9.17, 15) is 0 Å². The number of hydrogen-bond acceptors (Lipinski definition) is 3. The Bertz CT molecular complexity index is 282. The van der Waals surface area contributed by atoms with Gasteiger partial charge in [0.2, 0.25) is 0 Å². The molecule has 0 saturated heterocycles. The van der Waals surface area contributed by atoms with Gasteiger partial charge in [0.15, 0.2) is 0 Å². The van der Waals surface area contributed by atoms with Crippen molar-refractivity contribution in [3.05, 3.63) is 18.2 Å². The third kappa shape index (κ3) is 2.79. The maximum atomic E-state index is 5.86. The summed E-state index contributed by atoms with van der Waals surface area (Å²) in [5, 5.41) is 0. The lowest BCUT2D eigenvalue weighted by atomic mass is 10.1. The van der Waals surface area contributed by atoms with Crippen molar-refractivity contribution < 1.29 is 0 Å². The molecule has 1 unspecified atom stereocenters. The van der Waals surface area contributed by atoms with Crippen LogP contribution in [0.25, 0.3) is 0 Å². The maximum Gasteiger partial charge on any atom is 0.0946 e. The van der Waals surface area contributed by atoms with E-state index in [0.717, 1.165) is 19.5 Å². The Hall–Kier alpha value is -0.870. The van der Waals surface area contributed by atoms with Crippen LogP contribution in [0.1, 0.15) is 32.0 Å². The normalized spacial score (nSPS) is 13.4. The molecule has 15 heavy (non-hydrogen) atoms. The zero-order valence-electron chi connectivity index (χ0n) is 9.98. The molecule has 1 aromatic rings. The predicted molar refractivity (Wildman–Crippen MR) is 62.5 cm³/mol. The maximum absolute atomic E-state index is 5.86. The van der Waals surface area contributed by atoms with E-state index in [2.05, 4.69) is 28.3 Å². The summed E-state index contributed by atoms with van der Waals surface area (Å²) in [7, 11) is 2.02. The molecule has 0 radical (unpaired) electrons. The first-order valence-electron chi connectivity index (χ1n) is 5.64. The summed E-state index contributed by atoms with van der Waals surface area (Å²) >= 11 is 0. The Balaban J connectivity index is 2.82. The highest BCUT2D eigenvalue weighted by Crippen LogP contribution is 2.18. The van der Waals surface area contributed by atoms with Crippen LogP contribution in [-0.2, 0) is 7.05 Å². The van der Waals surface area contributed by atoms with Crippen LogP contribution >= 0.6 is 0 Å². The summed E-state index contributed by atoms with van der Waals surface area (Å²) in [5.74, 6) is 0. The van der Waals surface area contributed by atoms with Gasteiger partial charge in [-0.2, -0.15) is 0 Å². The molecule has 1 atom stereocenters. The lowest BCUT2D eigenvalue weighted by molar-refractivity contribution is 0.206. The fourth-order valence-corrected chi connectivity index (χ4v) is 1.97. The minimum absolute atomic E-state index is 0.294. The van der Waals surface area contributed by atoms with Crippen molar-refractivity contribution in [2.75, 3.05) is 19.6 Å². The van der Waals surface area contributed by atoms with E-state index in [1.165, 1.54) is 5.69 Å². The highest BCUT2D eigenvalue weighted by Gasteiger charge is 2.19. The number of nitrogens with two attached hydrogens (primary N) is 1. The highest BCUT2D eigenvalue weighted by molar-refractivity contribution is 5.05. The number of imidazole rings is 1. The van der Waals surface area contributed by atoms with E-state index in [0.29, 0.717) is 12.6 Å². The third-order valence-corrected chi connectivity index (χ3v) is 2.78. The summed E-state index contributed by atoms with van der Waals surface area (Å²) < 4.78 is 2.05. The largest absolute Gasteiger partial charge is 0.336 e. The van der Waals surface area contributed by atoms with Crippen molar-refractivity contribution in [3.8, 4) is 0 Å². The van der Waals surface area contributed by atoms with Crippen LogP contribution in [0, 0.1) is 0 Å². The van der Waals surface area contributed by atoms with Crippen molar-refractivity contribution in [1.29, 1.82) is 0 Å². The standard InChI is InChI=1S/C11H22N4/c1-4-6-15(5-2)10(7-12)11-8-13-9-14(11)3/h8-10H,4-7,12H2,1-3H3. The molecule has 0 aromatic carbocycles. The SMILES string of the molecule is CCCN(CC)C(CN)c1cncn1C. The van der Waals surface area contributed by atoms with Gasteiger partial charge in [-0.1, -0.05) is 13.8 Å². The molecule has 0 amide bonds. The smallest absolute Gasteiger partial charge is 0.0946 e. The molecule has 0 spiro atoms. The Morgan fingerprint density at radius 3 is 2.67 bits per heavy atom. The second kappa shape index (κ2) is 5.88. The van der Waals surface area contributed by atoms with Crippen molar-refractivity contribution in [2.24, 2.45) is 12.8 Å². The third-order valence-electron chi connectivity index (χ3n) is 2.78. The minimum atomic E-state index is 0.294. The summed E-state index contributed by atoms with van der Waals surface area (Å²) in [6, 6.07) is 0.294. The summed E-state index contributed by atoms with van der Waals surface area (Å²) in [5.41, 5.74) is 7.06. The van der Waals surface area contributed by atoms with Crippen molar-refractivity contribution in [3.63, 3.8) is 0 Å². The van der Waals surface area contributed by atoms with Crippen LogP contribution in [-0.4, -0.2) is 34.1 Å². The molecule has 4 heteroatoms. The average Bonchev–Trinajstić information content (AvgIpc) is 2.65. The monoisotopic (exact) mass is 210 g/mol. The van der Waals surface area contributed by atoms with Gasteiger partial charge in [-0.3, -0.25) is 4.90 Å². The van der Waals surface area contributed by atoms with Gasteiger partial charge >= 0.3 is 0 Å². The van der Waals surface area contributed by atoms with Gasteiger partial charge < -0.3 is 10.3 Å². The lowest BCUT2D eigenvalue weighted by Gasteiger charge is -2.29. The molecule has 86 valence electrons. The molecule has 0 saturated carbocycles. The molecule has 1 aromatic heterocycles. The predicted octanol–water partition coefficient (Wildman–Crippen LogP) is 1.15. The molecule has 0 bridgehead atoms. The molecule has 0 aliphatic carbocycles. The molecule has 1 heterocycles. The van der Waals surface area contributed by atoms with Crippen LogP contribution in [0.5, 0.6) is 0 Å². The van der Waals surface area contributed by atoms with Gasteiger partial charge in [-0.05, 0) is 19.5 Å². The number of likely N-dealkylation sites (N-methyl/N-ethyl adjacent to an activating group) is 1. The van der Waals surface area contributed by atoms with Gasteiger partial charge in [0.1, 0.15) is 0 Å². The summed E-state index contributed by atoms with van der Waals surface area (Å²) in [6.07, 6.45) is 4.90. The average molecular weight is 210 g/mol. The minimum Gasteiger partial charge on any atom is -0.336 e. The molecule has 4 nitrogen and oxygen atoms in total. The summed E-state index contributed by atoms with van der Waals surface area (Å²) in [6.45, 7) is 7.13. The summed E-state index contributed by atoms with van der Waals surface area (Å²) in [4.78, 5) is 6.55. The fourth-order valence-electron chi connectivity index (χ4n) is 1.97. The Kier molecular flexibility index (Phi) is 4.78. The van der Waals surface area contributed by atoms with Gasteiger partial charge in [0, 0.05) is 19.8 Å². The molecule has 0 aliphatic rings. The van der Waals surface area contributed by atoms with Crippen LogP contribution in [0.2, 0.25) is 0 Å². The molecule has 0 aliphatic heterocycles. The van der Waals surface area contributed by atoms with Crippen molar-refractivity contribution in [2.45, 2.75) is 26.3 Å². The second-order valence-corrected chi connectivity index (χ2v) is 3.81. The fraction of sp³-hybridized carbons (Fsp3) is 0.727. The Morgan fingerprint density at radius 1 is 1.53 bits per heavy atom. The van der Waals surface area contributed by atoms with Crippen LogP contribution in [0.4, 0.5) is 0 Å². The lowest BCUT2D eigenvalue weighted by Crippen LogP contribution is -2.35. The first-order chi connectivity index (χ1) is 7.24. The molecular formula is C11H22N4. The van der Waals surface area contributed by atoms with E-state index >= 15 is 0 Å². The quantitative estimate of drug-likeness (QED) is 0.766. The van der Waals surface area contributed by atoms with E-state index < -0.39 is 0 Å². The van der Waals surface area contributed by atoms with Crippen LogP contribution in [0.15, 0.2) is 12.5 Å². The number of hydrogen-bond donors (Lipinski definition) is 1. The Labute approximate surface area is 92.1 Å². The van der Waals surface area contributed by atoms with Crippen LogP contribution < -0.4 is 5.73 Å². The van der Waals surface area contributed by atoms with Gasteiger partial charge in [-0.15, -0.1) is 0 Å². The Morgan fingerprint density at radius 2 is 2.27 bits per heavy atom. The van der Waals surface area contributed by atoms with Gasteiger partial charge in [-0.25, -0.2) is 4.98 Å². The second-order valence-electron chi connectivity index (χ2n) is 3.81. The molecular weight excluding hydrogens is 188 g/mol.